The molecule has 0 fully saturated rings. The number of benzene rings is 1. The highest BCUT2D eigenvalue weighted by Crippen LogP contribution is 2.25. The Balaban J connectivity index is 1.85. The fourth-order valence-electron chi connectivity index (χ4n) is 2.05. The minimum Gasteiger partial charge on any atom is -0.399 e. The maximum atomic E-state index is 5.69. The summed E-state index contributed by atoms with van der Waals surface area (Å²) in [6, 6.07) is 14.1. The zero-order valence-electron chi connectivity index (χ0n) is 10.7. The Hall–Kier alpha value is -1.94. The number of pyridine rings is 1. The Morgan fingerprint density at radius 2 is 1.95 bits per heavy atom. The molecule has 0 saturated carbocycles. The number of nitrogens with two attached hydrogens (primary N) is 1. The molecule has 0 amide bonds. The number of hydrogen-bond acceptors (Lipinski definition) is 3. The second-order valence-electron chi connectivity index (χ2n) is 4.43. The molecule has 0 radical (unpaired) electrons. The molecule has 0 atom stereocenters. The van der Waals surface area contributed by atoms with Crippen LogP contribution in [0.3, 0.4) is 0 Å². The number of hydrogen-bond donors (Lipinski definition) is 1. The molecule has 2 N–H and O–H groups in total. The van der Waals surface area contributed by atoms with Crippen LogP contribution in [0.1, 0.15) is 11.4 Å². The number of imidazole rings is 1. The molecule has 3 aromatic rings. The van der Waals surface area contributed by atoms with Crippen LogP contribution in [0, 0.1) is 6.92 Å². The molecule has 2 heterocycles. The summed E-state index contributed by atoms with van der Waals surface area (Å²) in [6.45, 7) is 2.06. The Kier molecular flexibility index (Phi) is 3.17. The van der Waals surface area contributed by atoms with Gasteiger partial charge in [-0.3, -0.25) is 0 Å². The summed E-state index contributed by atoms with van der Waals surface area (Å²) in [7, 11) is 0. The van der Waals surface area contributed by atoms with E-state index < -0.39 is 0 Å². The Bertz CT molecular complexity index is 701. The van der Waals surface area contributed by atoms with E-state index in [2.05, 4.69) is 34.6 Å². The summed E-state index contributed by atoms with van der Waals surface area (Å²) in [6.07, 6.45) is 2.06. The first-order chi connectivity index (χ1) is 9.24. The molecular weight excluding hydrogens is 254 g/mol. The van der Waals surface area contributed by atoms with Crippen LogP contribution in [0.5, 0.6) is 0 Å². The van der Waals surface area contributed by atoms with Crippen LogP contribution in [0.2, 0.25) is 0 Å². The lowest BCUT2D eigenvalue weighted by molar-refractivity contribution is 1.08. The molecule has 0 unspecified atom stereocenters. The molecule has 1 aromatic carbocycles. The second-order valence-corrected chi connectivity index (χ2v) is 5.48. The van der Waals surface area contributed by atoms with Crippen molar-refractivity contribution in [3.63, 3.8) is 0 Å². The number of fused-ring (bicyclic) bond motifs is 1. The number of nitrogens with zero attached hydrogens (tertiary/aromatic N) is 2. The van der Waals surface area contributed by atoms with E-state index >= 15 is 0 Å². The van der Waals surface area contributed by atoms with Gasteiger partial charge in [-0.2, -0.15) is 0 Å². The van der Waals surface area contributed by atoms with Crippen molar-refractivity contribution in [2.24, 2.45) is 0 Å². The molecule has 0 aliphatic heterocycles. The number of aryl methyl sites for hydroxylation is 1. The van der Waals surface area contributed by atoms with Crippen LogP contribution in [0.4, 0.5) is 5.69 Å². The quantitative estimate of drug-likeness (QED) is 0.584. The highest BCUT2D eigenvalue weighted by molar-refractivity contribution is 7.98. The van der Waals surface area contributed by atoms with E-state index in [9.17, 15) is 0 Å². The molecule has 2 aromatic heterocycles. The molecule has 0 bridgehead atoms. The highest BCUT2D eigenvalue weighted by Gasteiger charge is 2.08. The topological polar surface area (TPSA) is 43.3 Å². The fourth-order valence-corrected chi connectivity index (χ4v) is 3.03. The maximum Gasteiger partial charge on any atom is 0.137 e. The SMILES string of the molecule is Cc1nc2ccccn2c1CSc1ccc(N)cc1. The molecule has 4 heteroatoms. The number of nitrogen functional groups attached to an aromatic ring is 1. The molecule has 0 spiro atoms. The van der Waals surface area contributed by atoms with Crippen molar-refractivity contribution in [3.05, 3.63) is 60.0 Å². The van der Waals surface area contributed by atoms with E-state index in [1.807, 2.05) is 30.3 Å². The van der Waals surface area contributed by atoms with Gasteiger partial charge in [0.1, 0.15) is 5.65 Å². The zero-order chi connectivity index (χ0) is 13.2. The summed E-state index contributed by atoms with van der Waals surface area (Å²) in [5, 5.41) is 0. The third-order valence-corrected chi connectivity index (χ3v) is 4.11. The fraction of sp³-hybridized carbons (Fsp3) is 0.133. The van der Waals surface area contributed by atoms with Gasteiger partial charge in [0, 0.05) is 22.5 Å². The van der Waals surface area contributed by atoms with Crippen LogP contribution in [0.15, 0.2) is 53.6 Å². The predicted octanol–water partition coefficient (Wildman–Crippen LogP) is 3.52. The van der Waals surface area contributed by atoms with Gasteiger partial charge in [-0.25, -0.2) is 4.98 Å². The van der Waals surface area contributed by atoms with Gasteiger partial charge in [-0.05, 0) is 43.3 Å². The number of aromatic nitrogens is 2. The first-order valence-corrected chi connectivity index (χ1v) is 7.13. The minimum atomic E-state index is 0.801. The van der Waals surface area contributed by atoms with Crippen LogP contribution in [0.25, 0.3) is 5.65 Å². The summed E-state index contributed by atoms with van der Waals surface area (Å²) < 4.78 is 2.15. The molecule has 19 heavy (non-hydrogen) atoms. The van der Waals surface area contributed by atoms with Crippen molar-refractivity contribution in [2.75, 3.05) is 5.73 Å². The van der Waals surface area contributed by atoms with Crippen molar-refractivity contribution in [1.82, 2.24) is 9.38 Å². The van der Waals surface area contributed by atoms with Crippen LogP contribution < -0.4 is 5.73 Å². The van der Waals surface area contributed by atoms with Gasteiger partial charge in [0.15, 0.2) is 0 Å². The average molecular weight is 269 g/mol. The normalized spacial score (nSPS) is 11.0. The monoisotopic (exact) mass is 269 g/mol. The first-order valence-electron chi connectivity index (χ1n) is 6.15. The summed E-state index contributed by atoms with van der Waals surface area (Å²) in [5.74, 6) is 0.904. The molecule has 0 saturated heterocycles. The maximum absolute atomic E-state index is 5.69. The van der Waals surface area contributed by atoms with E-state index in [1.165, 1.54) is 10.6 Å². The van der Waals surface area contributed by atoms with Crippen molar-refractivity contribution >= 4 is 23.1 Å². The van der Waals surface area contributed by atoms with E-state index in [4.69, 9.17) is 5.73 Å². The Labute approximate surface area is 116 Å². The number of rotatable bonds is 3. The smallest absolute Gasteiger partial charge is 0.137 e. The largest absolute Gasteiger partial charge is 0.399 e. The van der Waals surface area contributed by atoms with Gasteiger partial charge in [0.05, 0.1) is 11.4 Å². The molecule has 3 rings (SSSR count). The third kappa shape index (κ3) is 2.44. The number of anilines is 1. The van der Waals surface area contributed by atoms with Crippen molar-refractivity contribution in [2.45, 2.75) is 17.6 Å². The lowest BCUT2D eigenvalue weighted by atomic mass is 10.3. The standard InChI is InChI=1S/C15H15N3S/c1-11-14(18-9-3-2-4-15(18)17-11)10-19-13-7-5-12(16)6-8-13/h2-9H,10,16H2,1H3. The van der Waals surface area contributed by atoms with Gasteiger partial charge in [0.25, 0.3) is 0 Å². The molecule has 3 nitrogen and oxygen atoms in total. The molecular formula is C15H15N3S. The summed E-state index contributed by atoms with van der Waals surface area (Å²) in [4.78, 5) is 5.79. The van der Waals surface area contributed by atoms with E-state index in [0.29, 0.717) is 0 Å². The first kappa shape index (κ1) is 12.1. The molecule has 96 valence electrons. The lowest BCUT2D eigenvalue weighted by Gasteiger charge is -2.04. The van der Waals surface area contributed by atoms with Crippen LogP contribution in [-0.2, 0) is 5.75 Å². The minimum absolute atomic E-state index is 0.801. The lowest BCUT2D eigenvalue weighted by Crippen LogP contribution is -1.91. The Morgan fingerprint density at radius 3 is 2.74 bits per heavy atom. The van der Waals surface area contributed by atoms with Crippen molar-refractivity contribution in [1.29, 1.82) is 0 Å². The van der Waals surface area contributed by atoms with Crippen molar-refractivity contribution in [3.8, 4) is 0 Å². The van der Waals surface area contributed by atoms with Gasteiger partial charge in [0.2, 0.25) is 0 Å². The van der Waals surface area contributed by atoms with Gasteiger partial charge in [-0.1, -0.05) is 6.07 Å². The highest BCUT2D eigenvalue weighted by atomic mass is 32.2. The summed E-state index contributed by atoms with van der Waals surface area (Å²) in [5.41, 5.74) is 9.84. The average Bonchev–Trinajstić information content (AvgIpc) is 2.74. The second kappa shape index (κ2) is 4.97. The van der Waals surface area contributed by atoms with Crippen LogP contribution >= 0.6 is 11.8 Å². The van der Waals surface area contributed by atoms with Crippen LogP contribution in [-0.4, -0.2) is 9.38 Å². The van der Waals surface area contributed by atoms with Gasteiger partial charge >= 0.3 is 0 Å². The van der Waals surface area contributed by atoms with E-state index in [1.54, 1.807) is 11.8 Å². The molecule has 0 aliphatic rings. The van der Waals surface area contributed by atoms with Gasteiger partial charge < -0.3 is 10.1 Å². The zero-order valence-corrected chi connectivity index (χ0v) is 11.5. The molecule has 0 aliphatic carbocycles. The Morgan fingerprint density at radius 1 is 1.16 bits per heavy atom. The summed E-state index contributed by atoms with van der Waals surface area (Å²) >= 11 is 1.80. The number of thioether (sulfide) groups is 1. The van der Waals surface area contributed by atoms with E-state index in [0.717, 1.165) is 22.8 Å². The van der Waals surface area contributed by atoms with E-state index in [-0.39, 0.29) is 0 Å². The third-order valence-electron chi connectivity index (χ3n) is 3.08. The van der Waals surface area contributed by atoms with Crippen molar-refractivity contribution < 1.29 is 0 Å². The predicted molar refractivity (Wildman–Crippen MR) is 80.3 cm³/mol. The van der Waals surface area contributed by atoms with Gasteiger partial charge in [-0.15, -0.1) is 11.8 Å².